The topological polar surface area (TPSA) is 120 Å². The summed E-state index contributed by atoms with van der Waals surface area (Å²) in [4.78, 5) is -0.138. The minimum Gasteiger partial charge on any atom is -0.497 e. The van der Waals surface area contributed by atoms with E-state index >= 15 is 0 Å². The van der Waals surface area contributed by atoms with Crippen molar-refractivity contribution in [2.24, 2.45) is 5.90 Å². The molecule has 0 saturated heterocycles. The van der Waals surface area contributed by atoms with Crippen molar-refractivity contribution in [3.63, 3.8) is 0 Å². The fourth-order valence-electron chi connectivity index (χ4n) is 1.73. The van der Waals surface area contributed by atoms with Gasteiger partial charge < -0.3 is 15.8 Å². The van der Waals surface area contributed by atoms with Crippen LogP contribution in [-0.2, 0) is 23.5 Å². The number of nitrogen functional groups attached to an aromatic ring is 1. The van der Waals surface area contributed by atoms with E-state index in [1.807, 2.05) is 0 Å². The number of benzene rings is 2. The van der Waals surface area contributed by atoms with Crippen LogP contribution in [0.4, 0.5) is 17.1 Å². The molecule has 0 aliphatic carbocycles. The van der Waals surface area contributed by atoms with E-state index in [-0.39, 0.29) is 10.6 Å². The lowest BCUT2D eigenvalue weighted by Gasteiger charge is -2.10. The lowest BCUT2D eigenvalue weighted by atomic mass is 10.2. The lowest BCUT2D eigenvalue weighted by Crippen LogP contribution is -2.18. The van der Waals surface area contributed by atoms with Gasteiger partial charge in [-0.05, 0) is 44.9 Å². The molecule has 0 aliphatic rings. The Morgan fingerprint density at radius 3 is 2.38 bits per heavy atom. The number of nitrogens with one attached hydrogen (secondary N) is 1. The van der Waals surface area contributed by atoms with Crippen molar-refractivity contribution in [1.82, 2.24) is 0 Å². The molecule has 8 heteroatoms. The van der Waals surface area contributed by atoms with Gasteiger partial charge in [-0.2, -0.15) is 5.90 Å². The Balaban J connectivity index is 2.37. The zero-order valence-corrected chi connectivity index (χ0v) is 12.1. The van der Waals surface area contributed by atoms with Gasteiger partial charge in [-0.15, -0.1) is 0 Å². The monoisotopic (exact) mass is 309 g/mol. The van der Waals surface area contributed by atoms with Gasteiger partial charge in [0.15, 0.2) is 0 Å². The van der Waals surface area contributed by atoms with E-state index in [9.17, 15) is 8.76 Å². The molecular formula is C13H15N3O4S+. The summed E-state index contributed by atoms with van der Waals surface area (Å²) in [7, 11) is -2.51. The van der Waals surface area contributed by atoms with Crippen LogP contribution in [0.3, 0.4) is 0 Å². The Hall–Kier alpha value is -2.13. The highest BCUT2D eigenvalue weighted by molar-refractivity contribution is 7.93. The molecule has 2 rings (SSSR count). The molecule has 0 spiro atoms. The molecule has 7 nitrogen and oxygen atoms in total. The number of anilines is 3. The van der Waals surface area contributed by atoms with Gasteiger partial charge in [0, 0.05) is 17.4 Å². The molecule has 0 fully saturated rings. The molecule has 2 aromatic rings. The second-order valence-corrected chi connectivity index (χ2v) is 5.70. The van der Waals surface area contributed by atoms with Crippen molar-refractivity contribution in [1.29, 1.82) is 0 Å². The third kappa shape index (κ3) is 3.50. The summed E-state index contributed by atoms with van der Waals surface area (Å²) in [6.07, 6.45) is 0. The van der Waals surface area contributed by atoms with E-state index in [2.05, 4.69) is 9.60 Å². The first-order valence-electron chi connectivity index (χ1n) is 5.90. The summed E-state index contributed by atoms with van der Waals surface area (Å²) < 4.78 is 32.7. The largest absolute Gasteiger partial charge is 0.497 e. The zero-order chi connectivity index (χ0) is 15.5. The molecule has 5 N–H and O–H groups in total. The molecule has 1 unspecified atom stereocenters. The standard InChI is InChI=1S/C13H15N3O4S/c1-19-11-5-3-10(4-6-11)16-12-7-2-9(14)8-13(12)21(17,18)20-15/h2-8,16H,14-15H2,1H3/q+1. The molecule has 0 bridgehead atoms. The Morgan fingerprint density at radius 2 is 1.81 bits per heavy atom. The van der Waals surface area contributed by atoms with Crippen molar-refractivity contribution in [2.45, 2.75) is 4.90 Å². The molecule has 0 saturated carbocycles. The van der Waals surface area contributed by atoms with Crippen LogP contribution in [-0.4, -0.2) is 7.11 Å². The summed E-state index contributed by atoms with van der Waals surface area (Å²) in [5, 5.41) is 2.97. The second kappa shape index (κ2) is 6.10. The number of ether oxygens (including phenoxy) is 1. The molecule has 0 aliphatic heterocycles. The Morgan fingerprint density at radius 1 is 1.14 bits per heavy atom. The minimum atomic E-state index is -4.07. The normalized spacial score (nSPS) is 13.5. The van der Waals surface area contributed by atoms with Gasteiger partial charge in [0.1, 0.15) is 11.4 Å². The number of hydrogen-bond donors (Lipinski definition) is 3. The van der Waals surface area contributed by atoms with E-state index in [0.717, 1.165) is 0 Å². The Bertz CT molecular complexity index is 676. The lowest BCUT2D eigenvalue weighted by molar-refractivity contribution is 0.262. The maximum atomic E-state index is 11.8. The number of methoxy groups -OCH3 is 1. The van der Waals surface area contributed by atoms with Gasteiger partial charge >= 0.3 is 10.5 Å². The van der Waals surface area contributed by atoms with Crippen LogP contribution in [0.5, 0.6) is 5.75 Å². The van der Waals surface area contributed by atoms with Crippen molar-refractivity contribution < 1.29 is 17.8 Å². The first kappa shape index (κ1) is 15.3. The molecule has 111 valence electrons. The third-order valence-corrected chi connectivity index (χ3v) is 3.90. The molecule has 0 aromatic heterocycles. The highest BCUT2D eigenvalue weighted by Crippen LogP contribution is 2.31. The average molecular weight is 309 g/mol. The number of rotatable bonds is 5. The van der Waals surface area contributed by atoms with E-state index in [0.29, 0.717) is 17.1 Å². The maximum Gasteiger partial charge on any atom is 0.449 e. The van der Waals surface area contributed by atoms with E-state index in [4.69, 9.17) is 16.4 Å². The van der Waals surface area contributed by atoms with Gasteiger partial charge in [0.05, 0.1) is 11.7 Å². The highest BCUT2D eigenvalue weighted by Gasteiger charge is 2.37. The third-order valence-electron chi connectivity index (χ3n) is 2.77. The average Bonchev–Trinajstić information content (AvgIpc) is 2.49. The van der Waals surface area contributed by atoms with Gasteiger partial charge in [-0.25, -0.2) is 0 Å². The molecular weight excluding hydrogens is 294 g/mol. The van der Waals surface area contributed by atoms with E-state index in [1.54, 1.807) is 37.4 Å². The molecule has 0 heterocycles. The molecule has 21 heavy (non-hydrogen) atoms. The van der Waals surface area contributed by atoms with Gasteiger partial charge in [-0.1, -0.05) is 0 Å². The molecule has 1 radical (unpaired) electrons. The Kier molecular flexibility index (Phi) is 4.43. The van der Waals surface area contributed by atoms with Crippen LogP contribution in [0, 0.1) is 0 Å². The van der Waals surface area contributed by atoms with Crippen LogP contribution in [0.2, 0.25) is 0 Å². The van der Waals surface area contributed by atoms with E-state index in [1.165, 1.54) is 12.1 Å². The SMILES string of the molecule is COc1ccc(Nc2ccc(N)cc2[S+]([O])(=O)ON)cc1. The van der Waals surface area contributed by atoms with Crippen LogP contribution in [0.25, 0.3) is 0 Å². The first-order chi connectivity index (χ1) is 9.96. The molecule has 1 atom stereocenters. The van der Waals surface area contributed by atoms with Crippen LogP contribution in [0.15, 0.2) is 47.4 Å². The van der Waals surface area contributed by atoms with Crippen molar-refractivity contribution in [3.8, 4) is 5.75 Å². The van der Waals surface area contributed by atoms with Crippen LogP contribution >= 0.6 is 0 Å². The van der Waals surface area contributed by atoms with E-state index < -0.39 is 10.5 Å². The number of nitrogens with two attached hydrogens (primary N) is 2. The fourth-order valence-corrected chi connectivity index (χ4v) is 2.50. The molecule has 2 aromatic carbocycles. The minimum absolute atomic E-state index is 0.138. The highest BCUT2D eigenvalue weighted by atomic mass is 32.3. The Labute approximate surface area is 123 Å². The van der Waals surface area contributed by atoms with Crippen LogP contribution in [0.1, 0.15) is 0 Å². The predicted molar refractivity (Wildman–Crippen MR) is 79.4 cm³/mol. The van der Waals surface area contributed by atoms with Gasteiger partial charge in [0.25, 0.3) is 4.90 Å². The van der Waals surface area contributed by atoms with Crippen LogP contribution < -0.4 is 21.7 Å². The summed E-state index contributed by atoms with van der Waals surface area (Å²) in [5.74, 6) is 5.51. The second-order valence-electron chi connectivity index (χ2n) is 4.16. The first-order valence-corrected chi connectivity index (χ1v) is 7.31. The summed E-state index contributed by atoms with van der Waals surface area (Å²) in [6.45, 7) is 0. The van der Waals surface area contributed by atoms with Gasteiger partial charge in [-0.3, -0.25) is 0 Å². The van der Waals surface area contributed by atoms with Crippen molar-refractivity contribution in [3.05, 3.63) is 42.5 Å². The fraction of sp³-hybridized carbons (Fsp3) is 0.0769. The maximum absolute atomic E-state index is 11.8. The van der Waals surface area contributed by atoms with Gasteiger partial charge in [0.2, 0.25) is 0 Å². The quantitative estimate of drug-likeness (QED) is 0.441. The van der Waals surface area contributed by atoms with Crippen molar-refractivity contribution in [2.75, 3.05) is 18.2 Å². The summed E-state index contributed by atoms with van der Waals surface area (Å²) in [5.41, 5.74) is 6.87. The smallest absolute Gasteiger partial charge is 0.449 e. The zero-order valence-electron chi connectivity index (χ0n) is 11.2. The summed E-state index contributed by atoms with van der Waals surface area (Å²) >= 11 is 0. The summed E-state index contributed by atoms with van der Waals surface area (Å²) in [6, 6.07) is 11.4. The predicted octanol–water partition coefficient (Wildman–Crippen LogP) is 2.03. The molecule has 0 amide bonds. The number of hydrogen-bond acceptors (Lipinski definition) is 6. The van der Waals surface area contributed by atoms with Crippen molar-refractivity contribution >= 4 is 27.6 Å².